The van der Waals surface area contributed by atoms with Gasteiger partial charge in [-0.05, 0) is 45.0 Å². The number of nitrogens with zero attached hydrogens (tertiary/aromatic N) is 4. The monoisotopic (exact) mass is 353 g/mol. The Bertz CT molecular complexity index is 916. The van der Waals surface area contributed by atoms with Crippen LogP contribution in [-0.2, 0) is 7.05 Å². The quantitative estimate of drug-likeness (QED) is 0.783. The van der Waals surface area contributed by atoms with E-state index in [1.165, 1.54) is 0 Å². The SMILES string of the molecule is COc1ccc(-n2nc(C(=O)NC(C)(C)C)cc2-c2cccn2C)cn1. The van der Waals surface area contributed by atoms with E-state index in [0.717, 1.165) is 17.1 Å². The third kappa shape index (κ3) is 3.61. The first-order valence-electron chi connectivity index (χ1n) is 8.33. The zero-order valence-electron chi connectivity index (χ0n) is 15.6. The zero-order valence-corrected chi connectivity index (χ0v) is 15.6. The topological polar surface area (TPSA) is 74.0 Å². The minimum Gasteiger partial charge on any atom is -0.481 e. The summed E-state index contributed by atoms with van der Waals surface area (Å²) in [5.41, 5.74) is 2.52. The largest absolute Gasteiger partial charge is 0.481 e. The van der Waals surface area contributed by atoms with Crippen molar-refractivity contribution in [2.75, 3.05) is 7.11 Å². The summed E-state index contributed by atoms with van der Waals surface area (Å²) in [5, 5.41) is 7.48. The van der Waals surface area contributed by atoms with Gasteiger partial charge < -0.3 is 14.6 Å². The van der Waals surface area contributed by atoms with Crippen LogP contribution in [0.2, 0.25) is 0 Å². The van der Waals surface area contributed by atoms with E-state index >= 15 is 0 Å². The first-order valence-corrected chi connectivity index (χ1v) is 8.33. The van der Waals surface area contributed by atoms with Gasteiger partial charge in [-0.1, -0.05) is 0 Å². The Morgan fingerprint density at radius 1 is 1.19 bits per heavy atom. The first-order chi connectivity index (χ1) is 12.3. The Hall–Kier alpha value is -3.09. The van der Waals surface area contributed by atoms with E-state index < -0.39 is 0 Å². The van der Waals surface area contributed by atoms with Gasteiger partial charge in [-0.3, -0.25) is 4.79 Å². The van der Waals surface area contributed by atoms with Crippen LogP contribution >= 0.6 is 0 Å². The van der Waals surface area contributed by atoms with Crippen molar-refractivity contribution < 1.29 is 9.53 Å². The third-order valence-electron chi connectivity index (χ3n) is 3.81. The van der Waals surface area contributed by atoms with Crippen LogP contribution in [0, 0.1) is 0 Å². The van der Waals surface area contributed by atoms with Gasteiger partial charge in [-0.25, -0.2) is 9.67 Å². The summed E-state index contributed by atoms with van der Waals surface area (Å²) < 4.78 is 8.82. The number of carbonyl (C=O) groups is 1. The highest BCUT2D eigenvalue weighted by molar-refractivity contribution is 5.94. The van der Waals surface area contributed by atoms with Crippen molar-refractivity contribution in [1.29, 1.82) is 0 Å². The Morgan fingerprint density at radius 2 is 1.96 bits per heavy atom. The molecule has 7 heteroatoms. The summed E-state index contributed by atoms with van der Waals surface area (Å²) in [6.07, 6.45) is 3.62. The van der Waals surface area contributed by atoms with E-state index in [0.29, 0.717) is 11.6 Å². The van der Waals surface area contributed by atoms with Crippen molar-refractivity contribution in [2.24, 2.45) is 7.05 Å². The fourth-order valence-electron chi connectivity index (χ4n) is 2.62. The second-order valence-electron chi connectivity index (χ2n) is 7.09. The van der Waals surface area contributed by atoms with Crippen LogP contribution in [0.4, 0.5) is 0 Å². The number of hydrogen-bond acceptors (Lipinski definition) is 4. The zero-order chi connectivity index (χ0) is 18.9. The summed E-state index contributed by atoms with van der Waals surface area (Å²) >= 11 is 0. The molecule has 3 rings (SSSR count). The molecule has 26 heavy (non-hydrogen) atoms. The molecule has 3 aromatic rings. The second-order valence-corrected chi connectivity index (χ2v) is 7.09. The van der Waals surface area contributed by atoms with Gasteiger partial charge in [0.05, 0.1) is 30.4 Å². The molecular formula is C19H23N5O2. The van der Waals surface area contributed by atoms with Crippen LogP contribution in [0.1, 0.15) is 31.3 Å². The van der Waals surface area contributed by atoms with E-state index in [1.807, 2.05) is 56.8 Å². The fraction of sp³-hybridized carbons (Fsp3) is 0.316. The highest BCUT2D eigenvalue weighted by Gasteiger charge is 2.21. The summed E-state index contributed by atoms with van der Waals surface area (Å²) in [7, 11) is 3.52. The summed E-state index contributed by atoms with van der Waals surface area (Å²) in [6.45, 7) is 5.81. The molecule has 0 spiro atoms. The van der Waals surface area contributed by atoms with E-state index in [9.17, 15) is 4.79 Å². The maximum atomic E-state index is 12.6. The average Bonchev–Trinajstić information content (AvgIpc) is 3.19. The summed E-state index contributed by atoms with van der Waals surface area (Å²) in [5.74, 6) is 0.306. The molecule has 3 heterocycles. The average molecular weight is 353 g/mol. The minimum absolute atomic E-state index is 0.215. The number of carbonyl (C=O) groups excluding carboxylic acids is 1. The molecule has 0 aliphatic carbocycles. The maximum absolute atomic E-state index is 12.6. The van der Waals surface area contributed by atoms with E-state index in [4.69, 9.17) is 4.74 Å². The molecule has 1 amide bonds. The number of nitrogens with one attached hydrogen (secondary N) is 1. The Labute approximate surface area is 152 Å². The van der Waals surface area contributed by atoms with Gasteiger partial charge >= 0.3 is 0 Å². The predicted octanol–water partition coefficient (Wildman–Crippen LogP) is 2.81. The number of pyridine rings is 1. The molecule has 7 nitrogen and oxygen atoms in total. The van der Waals surface area contributed by atoms with Crippen molar-refractivity contribution in [1.82, 2.24) is 24.6 Å². The first kappa shape index (κ1) is 17.7. The highest BCUT2D eigenvalue weighted by Crippen LogP contribution is 2.25. The van der Waals surface area contributed by atoms with Gasteiger partial charge in [0.1, 0.15) is 0 Å². The van der Waals surface area contributed by atoms with Crippen molar-refractivity contribution >= 4 is 5.91 Å². The van der Waals surface area contributed by atoms with E-state index in [2.05, 4.69) is 15.4 Å². The molecule has 0 saturated heterocycles. The molecule has 136 valence electrons. The number of aromatic nitrogens is 4. The van der Waals surface area contributed by atoms with Crippen LogP contribution in [-0.4, -0.2) is 37.9 Å². The van der Waals surface area contributed by atoms with Crippen molar-refractivity contribution in [2.45, 2.75) is 26.3 Å². The van der Waals surface area contributed by atoms with Gasteiger partial charge in [-0.2, -0.15) is 5.10 Å². The molecule has 0 aliphatic rings. The molecule has 0 atom stereocenters. The van der Waals surface area contributed by atoms with Crippen molar-refractivity contribution in [3.05, 3.63) is 48.4 Å². The summed E-state index contributed by atoms with van der Waals surface area (Å²) in [4.78, 5) is 16.8. The lowest BCUT2D eigenvalue weighted by molar-refractivity contribution is 0.0914. The third-order valence-corrected chi connectivity index (χ3v) is 3.81. The van der Waals surface area contributed by atoms with Crippen molar-refractivity contribution in [3.63, 3.8) is 0 Å². The van der Waals surface area contributed by atoms with Crippen LogP contribution in [0.25, 0.3) is 17.1 Å². The van der Waals surface area contributed by atoms with Crippen LogP contribution in [0.5, 0.6) is 5.88 Å². The molecule has 3 aromatic heterocycles. The van der Waals surface area contributed by atoms with Gasteiger partial charge in [-0.15, -0.1) is 0 Å². The standard InChI is InChI=1S/C19H23N5O2/c1-19(2,3)21-18(25)14-11-16(15-7-6-10-23(15)4)24(22-14)13-8-9-17(26-5)20-12-13/h6-12H,1-5H3,(H,21,25). The lowest BCUT2D eigenvalue weighted by atomic mass is 10.1. The molecule has 0 aromatic carbocycles. The van der Waals surface area contributed by atoms with Gasteiger partial charge in [0.15, 0.2) is 5.69 Å². The normalized spacial score (nSPS) is 11.4. The maximum Gasteiger partial charge on any atom is 0.272 e. The van der Waals surface area contributed by atoms with Crippen LogP contribution < -0.4 is 10.1 Å². The number of aryl methyl sites for hydroxylation is 1. The number of ether oxygens (including phenoxy) is 1. The molecule has 0 unspecified atom stereocenters. The smallest absolute Gasteiger partial charge is 0.272 e. The van der Waals surface area contributed by atoms with Crippen molar-refractivity contribution in [3.8, 4) is 23.0 Å². The Kier molecular flexibility index (Phi) is 4.54. The fourth-order valence-corrected chi connectivity index (χ4v) is 2.62. The van der Waals surface area contributed by atoms with E-state index in [1.54, 1.807) is 30.1 Å². The number of hydrogen-bond donors (Lipinski definition) is 1. The lowest BCUT2D eigenvalue weighted by Crippen LogP contribution is -2.40. The number of methoxy groups -OCH3 is 1. The molecule has 1 N–H and O–H groups in total. The number of amides is 1. The summed E-state index contributed by atoms with van der Waals surface area (Å²) in [6, 6.07) is 9.35. The van der Waals surface area contributed by atoms with E-state index in [-0.39, 0.29) is 11.4 Å². The van der Waals surface area contributed by atoms with Gasteiger partial charge in [0.2, 0.25) is 5.88 Å². The molecule has 0 aliphatic heterocycles. The highest BCUT2D eigenvalue weighted by atomic mass is 16.5. The molecule has 0 fully saturated rings. The Morgan fingerprint density at radius 3 is 2.50 bits per heavy atom. The molecule has 0 radical (unpaired) electrons. The van der Waals surface area contributed by atoms with Gasteiger partial charge in [0.25, 0.3) is 5.91 Å². The predicted molar refractivity (Wildman–Crippen MR) is 99.5 cm³/mol. The minimum atomic E-state index is -0.340. The molecular weight excluding hydrogens is 330 g/mol. The second kappa shape index (κ2) is 6.67. The molecule has 0 bridgehead atoms. The number of rotatable bonds is 4. The van der Waals surface area contributed by atoms with Gasteiger partial charge in [0, 0.05) is 24.8 Å². The van der Waals surface area contributed by atoms with Crippen LogP contribution in [0.3, 0.4) is 0 Å². The molecule has 0 saturated carbocycles. The van der Waals surface area contributed by atoms with Crippen LogP contribution in [0.15, 0.2) is 42.7 Å². The lowest BCUT2D eigenvalue weighted by Gasteiger charge is -2.19. The Balaban J connectivity index is 2.09.